The Morgan fingerprint density at radius 2 is 2.30 bits per heavy atom. The Morgan fingerprint density at radius 1 is 1.60 bits per heavy atom. The largest absolute Gasteiger partial charge is 0.452 e. The van der Waals surface area contributed by atoms with Crippen LogP contribution in [-0.2, 0) is 20.6 Å². The molecular weight excluding hydrogens is 370 g/mol. The van der Waals surface area contributed by atoms with E-state index in [4.69, 9.17) is 20.8 Å². The van der Waals surface area contributed by atoms with Crippen LogP contribution in [0.5, 0.6) is 0 Å². The van der Waals surface area contributed by atoms with Crippen LogP contribution in [-0.4, -0.2) is 38.5 Å². The number of ether oxygens (including phenoxy) is 1. The molecule has 1 aromatic rings. The predicted octanol–water partition coefficient (Wildman–Crippen LogP) is 2.97. The molecule has 0 bridgehead atoms. The van der Waals surface area contributed by atoms with Crippen molar-refractivity contribution >= 4 is 37.6 Å². The van der Waals surface area contributed by atoms with Crippen LogP contribution < -0.4 is 0 Å². The molecule has 114 valence electrons. The van der Waals surface area contributed by atoms with Gasteiger partial charge in [-0.15, -0.1) is 11.6 Å². The molecule has 2 heterocycles. The number of alkyl halides is 1. The van der Waals surface area contributed by atoms with E-state index >= 15 is 0 Å². The molecule has 20 heavy (non-hydrogen) atoms. The average molecular weight is 387 g/mol. The summed E-state index contributed by atoms with van der Waals surface area (Å²) in [6.07, 6.45) is 1.61. The van der Waals surface area contributed by atoms with Gasteiger partial charge < -0.3 is 9.15 Å². The summed E-state index contributed by atoms with van der Waals surface area (Å²) in [5, 5.41) is 0. The molecule has 1 unspecified atom stereocenters. The van der Waals surface area contributed by atoms with Crippen LogP contribution in [0.25, 0.3) is 0 Å². The van der Waals surface area contributed by atoms with Crippen molar-refractivity contribution in [3.05, 3.63) is 16.5 Å². The van der Waals surface area contributed by atoms with E-state index in [0.29, 0.717) is 18.8 Å². The smallest absolute Gasteiger partial charge is 0.247 e. The first-order valence-electron chi connectivity index (χ1n) is 6.22. The molecule has 1 aromatic heterocycles. The Morgan fingerprint density at radius 3 is 2.85 bits per heavy atom. The van der Waals surface area contributed by atoms with Crippen molar-refractivity contribution in [3.8, 4) is 0 Å². The van der Waals surface area contributed by atoms with Crippen LogP contribution in [0.1, 0.15) is 25.5 Å². The number of rotatable bonds is 4. The fraction of sp³-hybridized carbons (Fsp3) is 0.667. The van der Waals surface area contributed by atoms with Gasteiger partial charge in [-0.25, -0.2) is 8.42 Å². The fourth-order valence-corrected chi connectivity index (χ4v) is 4.99. The van der Waals surface area contributed by atoms with Gasteiger partial charge in [0.2, 0.25) is 10.0 Å². The summed E-state index contributed by atoms with van der Waals surface area (Å²) >= 11 is 8.82. The quantitative estimate of drug-likeness (QED) is 0.746. The standard InChI is InChI=1S/C12H17BrClNO4S/c1-12(18-2)4-3-5-15(8-12)20(16,17)10-6-9(7-14)19-11(10)13/h6H,3-5,7-8H2,1-2H3. The summed E-state index contributed by atoms with van der Waals surface area (Å²) in [7, 11) is -2.00. The van der Waals surface area contributed by atoms with E-state index in [1.807, 2.05) is 6.92 Å². The fourth-order valence-electron chi connectivity index (χ4n) is 2.31. The summed E-state index contributed by atoms with van der Waals surface area (Å²) < 4.78 is 37.7. The highest BCUT2D eigenvalue weighted by atomic mass is 79.9. The highest BCUT2D eigenvalue weighted by molar-refractivity contribution is 9.10. The van der Waals surface area contributed by atoms with Crippen molar-refractivity contribution in [1.82, 2.24) is 4.31 Å². The predicted molar refractivity (Wildman–Crippen MR) is 79.4 cm³/mol. The van der Waals surface area contributed by atoms with Gasteiger partial charge >= 0.3 is 0 Å². The molecule has 0 saturated carbocycles. The summed E-state index contributed by atoms with van der Waals surface area (Å²) in [6, 6.07) is 1.46. The zero-order valence-corrected chi connectivity index (χ0v) is 14.5. The number of hydrogen-bond donors (Lipinski definition) is 0. The SMILES string of the molecule is COC1(C)CCCN(S(=O)(=O)c2cc(CCl)oc2Br)C1. The molecule has 0 radical (unpaired) electrons. The lowest BCUT2D eigenvalue weighted by atomic mass is 9.96. The number of piperidine rings is 1. The first-order valence-corrected chi connectivity index (χ1v) is 8.98. The molecule has 1 fully saturated rings. The van der Waals surface area contributed by atoms with Crippen molar-refractivity contribution in [2.24, 2.45) is 0 Å². The summed E-state index contributed by atoms with van der Waals surface area (Å²) in [5.74, 6) is 0.549. The Bertz CT molecular complexity index is 588. The molecule has 8 heteroatoms. The number of sulfonamides is 1. The first kappa shape index (κ1) is 16.3. The Kier molecular flexibility index (Phi) is 4.86. The minimum absolute atomic E-state index is 0.119. The second-order valence-corrected chi connectivity index (χ2v) is 7.97. The monoisotopic (exact) mass is 385 g/mol. The van der Waals surface area contributed by atoms with Crippen molar-refractivity contribution < 1.29 is 17.6 Å². The molecular formula is C12H17BrClNO4S. The molecule has 1 saturated heterocycles. The van der Waals surface area contributed by atoms with Crippen LogP contribution in [0.3, 0.4) is 0 Å². The Balaban J connectivity index is 2.32. The molecule has 5 nitrogen and oxygen atoms in total. The number of methoxy groups -OCH3 is 1. The van der Waals surface area contributed by atoms with E-state index in [0.717, 1.165) is 12.8 Å². The Labute approximate surface area is 132 Å². The van der Waals surface area contributed by atoms with Gasteiger partial charge in [0.25, 0.3) is 0 Å². The number of hydrogen-bond acceptors (Lipinski definition) is 4. The topological polar surface area (TPSA) is 59.8 Å². The molecule has 0 N–H and O–H groups in total. The molecule has 2 rings (SSSR count). The third kappa shape index (κ3) is 3.06. The van der Waals surface area contributed by atoms with Crippen LogP contribution in [0, 0.1) is 0 Å². The maximum Gasteiger partial charge on any atom is 0.247 e. The highest BCUT2D eigenvalue weighted by Gasteiger charge is 2.38. The van der Waals surface area contributed by atoms with Gasteiger partial charge in [-0.1, -0.05) is 0 Å². The van der Waals surface area contributed by atoms with E-state index in [2.05, 4.69) is 15.9 Å². The number of halogens is 2. The van der Waals surface area contributed by atoms with E-state index in [-0.39, 0.29) is 15.4 Å². The van der Waals surface area contributed by atoms with Gasteiger partial charge in [-0.3, -0.25) is 0 Å². The zero-order valence-electron chi connectivity index (χ0n) is 11.4. The van der Waals surface area contributed by atoms with Crippen molar-refractivity contribution in [3.63, 3.8) is 0 Å². The maximum atomic E-state index is 12.7. The number of furan rings is 1. The van der Waals surface area contributed by atoms with Crippen molar-refractivity contribution in [2.75, 3.05) is 20.2 Å². The van der Waals surface area contributed by atoms with E-state index in [1.165, 1.54) is 10.4 Å². The van der Waals surface area contributed by atoms with E-state index < -0.39 is 15.6 Å². The second kappa shape index (κ2) is 5.96. The van der Waals surface area contributed by atoms with Crippen LogP contribution >= 0.6 is 27.5 Å². The lowest BCUT2D eigenvalue weighted by Gasteiger charge is -2.38. The average Bonchev–Trinajstić information content (AvgIpc) is 2.81. The summed E-state index contributed by atoms with van der Waals surface area (Å²) in [6.45, 7) is 2.73. The molecule has 1 aliphatic heterocycles. The molecule has 1 aliphatic rings. The number of nitrogens with zero attached hydrogens (tertiary/aromatic N) is 1. The minimum atomic E-state index is -3.61. The zero-order chi connectivity index (χ0) is 15.0. The Hall–Kier alpha value is -0.0800. The van der Waals surface area contributed by atoms with Crippen LogP contribution in [0.4, 0.5) is 0 Å². The molecule has 0 amide bonds. The van der Waals surface area contributed by atoms with Crippen LogP contribution in [0.2, 0.25) is 0 Å². The normalized spacial score (nSPS) is 25.0. The van der Waals surface area contributed by atoms with Gasteiger partial charge in [-0.2, -0.15) is 4.31 Å². The molecule has 0 aromatic carbocycles. The third-order valence-corrected chi connectivity index (χ3v) is 6.54. The summed E-state index contributed by atoms with van der Waals surface area (Å²) in [4.78, 5) is 0.119. The maximum absolute atomic E-state index is 12.7. The molecule has 0 aliphatic carbocycles. The summed E-state index contributed by atoms with van der Waals surface area (Å²) in [5.41, 5.74) is -0.448. The minimum Gasteiger partial charge on any atom is -0.452 e. The molecule has 1 atom stereocenters. The second-order valence-electron chi connectivity index (χ2n) is 5.08. The van der Waals surface area contributed by atoms with Gasteiger partial charge in [0.1, 0.15) is 10.7 Å². The van der Waals surface area contributed by atoms with Crippen molar-refractivity contribution in [2.45, 2.75) is 36.1 Å². The third-order valence-electron chi connectivity index (χ3n) is 3.57. The van der Waals surface area contributed by atoms with Crippen LogP contribution in [0.15, 0.2) is 20.0 Å². The van der Waals surface area contributed by atoms with Gasteiger partial charge in [0.15, 0.2) is 4.67 Å². The van der Waals surface area contributed by atoms with Gasteiger partial charge in [-0.05, 0) is 35.7 Å². The van der Waals surface area contributed by atoms with E-state index in [1.54, 1.807) is 7.11 Å². The van der Waals surface area contributed by atoms with Gasteiger partial charge in [0.05, 0.1) is 11.5 Å². The van der Waals surface area contributed by atoms with Crippen molar-refractivity contribution in [1.29, 1.82) is 0 Å². The lowest BCUT2D eigenvalue weighted by molar-refractivity contribution is -0.0319. The van der Waals surface area contributed by atoms with Gasteiger partial charge in [0, 0.05) is 26.3 Å². The first-order chi connectivity index (χ1) is 9.32. The highest BCUT2D eigenvalue weighted by Crippen LogP contribution is 2.33. The lowest BCUT2D eigenvalue weighted by Crippen LogP contribution is -2.49. The molecule has 0 spiro atoms. The van der Waals surface area contributed by atoms with E-state index in [9.17, 15) is 8.42 Å².